The van der Waals surface area contributed by atoms with Crippen LogP contribution in [0.15, 0.2) is 58.3 Å². The number of methoxy groups -OCH3 is 2. The zero-order valence-electron chi connectivity index (χ0n) is 21.0. The van der Waals surface area contributed by atoms with Gasteiger partial charge in [0.15, 0.2) is 0 Å². The van der Waals surface area contributed by atoms with Crippen molar-refractivity contribution in [1.82, 2.24) is 9.80 Å². The zero-order chi connectivity index (χ0) is 27.9. The number of rotatable bonds is 7. The molecule has 0 bridgehead atoms. The summed E-state index contributed by atoms with van der Waals surface area (Å²) in [7, 11) is 2.36. The SMILES string of the molecule is CCOc1ccccc1Sc1ccc(/C=C/C(=O)N2CCN(C(=O)OC)CC2C(=O)OC)cc1C(F)(F)F. The van der Waals surface area contributed by atoms with Gasteiger partial charge in [0.05, 0.1) is 37.8 Å². The van der Waals surface area contributed by atoms with E-state index in [2.05, 4.69) is 4.74 Å². The molecule has 8 nitrogen and oxygen atoms in total. The topological polar surface area (TPSA) is 85.4 Å². The maximum Gasteiger partial charge on any atom is 0.417 e. The van der Waals surface area contributed by atoms with Gasteiger partial charge < -0.3 is 24.0 Å². The summed E-state index contributed by atoms with van der Waals surface area (Å²) in [5.74, 6) is -0.855. The summed E-state index contributed by atoms with van der Waals surface area (Å²) in [6.45, 7) is 2.16. The Balaban J connectivity index is 1.83. The van der Waals surface area contributed by atoms with Crippen LogP contribution in [0.1, 0.15) is 18.1 Å². The Kier molecular flexibility index (Phi) is 9.67. The number of alkyl halides is 3. The third kappa shape index (κ3) is 7.00. The van der Waals surface area contributed by atoms with Crippen molar-refractivity contribution in [3.8, 4) is 5.75 Å². The molecule has 38 heavy (non-hydrogen) atoms. The van der Waals surface area contributed by atoms with Crippen LogP contribution in [0.25, 0.3) is 6.08 Å². The van der Waals surface area contributed by atoms with Crippen molar-refractivity contribution in [3.05, 3.63) is 59.7 Å². The van der Waals surface area contributed by atoms with Crippen LogP contribution in [0.3, 0.4) is 0 Å². The molecule has 0 saturated carbocycles. The Labute approximate surface area is 222 Å². The van der Waals surface area contributed by atoms with Crippen LogP contribution in [0.5, 0.6) is 5.75 Å². The molecule has 204 valence electrons. The van der Waals surface area contributed by atoms with Gasteiger partial charge in [0.1, 0.15) is 11.8 Å². The largest absolute Gasteiger partial charge is 0.493 e. The summed E-state index contributed by atoms with van der Waals surface area (Å²) < 4.78 is 56.8. The number of piperazine rings is 1. The van der Waals surface area contributed by atoms with Crippen LogP contribution in [0.2, 0.25) is 0 Å². The van der Waals surface area contributed by atoms with Gasteiger partial charge in [-0.1, -0.05) is 30.0 Å². The fourth-order valence-electron chi connectivity index (χ4n) is 3.83. The van der Waals surface area contributed by atoms with E-state index in [0.717, 1.165) is 31.0 Å². The monoisotopic (exact) mass is 552 g/mol. The molecule has 0 N–H and O–H groups in total. The van der Waals surface area contributed by atoms with Crippen LogP contribution < -0.4 is 4.74 Å². The maximum absolute atomic E-state index is 13.9. The predicted molar refractivity (Wildman–Crippen MR) is 134 cm³/mol. The molecule has 1 saturated heterocycles. The molecule has 2 aromatic rings. The van der Waals surface area contributed by atoms with E-state index >= 15 is 0 Å². The van der Waals surface area contributed by atoms with Gasteiger partial charge in [0.25, 0.3) is 0 Å². The van der Waals surface area contributed by atoms with Gasteiger partial charge in [-0.2, -0.15) is 13.2 Å². The van der Waals surface area contributed by atoms with Crippen LogP contribution in [0, 0.1) is 0 Å². The molecule has 1 fully saturated rings. The molecular formula is C26H27F3N2O6S. The predicted octanol–water partition coefficient (Wildman–Crippen LogP) is 4.72. The van der Waals surface area contributed by atoms with Gasteiger partial charge in [-0.25, -0.2) is 9.59 Å². The van der Waals surface area contributed by atoms with Gasteiger partial charge in [-0.05, 0) is 42.8 Å². The zero-order valence-corrected chi connectivity index (χ0v) is 21.8. The van der Waals surface area contributed by atoms with Crippen molar-refractivity contribution in [2.24, 2.45) is 0 Å². The third-order valence-electron chi connectivity index (χ3n) is 5.67. The normalized spacial score (nSPS) is 15.9. The molecule has 2 aromatic carbocycles. The molecule has 12 heteroatoms. The van der Waals surface area contributed by atoms with Crippen LogP contribution in [-0.4, -0.2) is 74.3 Å². The van der Waals surface area contributed by atoms with E-state index < -0.39 is 35.8 Å². The first-order chi connectivity index (χ1) is 18.1. The van der Waals surface area contributed by atoms with E-state index in [4.69, 9.17) is 9.47 Å². The van der Waals surface area contributed by atoms with Gasteiger partial charge in [0.2, 0.25) is 5.91 Å². The summed E-state index contributed by atoms with van der Waals surface area (Å²) in [6, 6.07) is 9.51. The Morgan fingerprint density at radius 3 is 2.45 bits per heavy atom. The Hall–Kier alpha value is -3.67. The number of para-hydroxylation sites is 1. The number of hydrogen-bond donors (Lipinski definition) is 0. The fourth-order valence-corrected chi connectivity index (χ4v) is 4.86. The quantitative estimate of drug-likeness (QED) is 0.363. The molecule has 0 spiro atoms. The minimum Gasteiger partial charge on any atom is -0.493 e. The number of carbonyl (C=O) groups is 3. The number of carbonyl (C=O) groups excluding carboxylic acids is 3. The summed E-state index contributed by atoms with van der Waals surface area (Å²) >= 11 is 0.936. The molecule has 0 radical (unpaired) electrons. The lowest BCUT2D eigenvalue weighted by Crippen LogP contribution is -2.59. The Morgan fingerprint density at radius 1 is 1.05 bits per heavy atom. The summed E-state index contributed by atoms with van der Waals surface area (Å²) in [5.41, 5.74) is -0.710. The van der Waals surface area contributed by atoms with Crippen LogP contribution in [0.4, 0.5) is 18.0 Å². The average Bonchev–Trinajstić information content (AvgIpc) is 2.91. The molecule has 1 aliphatic rings. The highest BCUT2D eigenvalue weighted by atomic mass is 32.2. The molecule has 1 heterocycles. The average molecular weight is 553 g/mol. The molecule has 3 rings (SSSR count). The van der Waals surface area contributed by atoms with Gasteiger partial charge in [0, 0.05) is 24.1 Å². The van der Waals surface area contributed by atoms with Crippen molar-refractivity contribution in [2.75, 3.05) is 40.5 Å². The van der Waals surface area contributed by atoms with E-state index in [0.29, 0.717) is 17.3 Å². The molecule has 1 atom stereocenters. The van der Waals surface area contributed by atoms with Gasteiger partial charge in [-0.15, -0.1) is 0 Å². The number of hydrogen-bond acceptors (Lipinski definition) is 7. The smallest absolute Gasteiger partial charge is 0.417 e. The number of nitrogens with zero attached hydrogens (tertiary/aromatic N) is 2. The van der Waals surface area contributed by atoms with E-state index in [9.17, 15) is 27.6 Å². The lowest BCUT2D eigenvalue weighted by atomic mass is 10.1. The van der Waals surface area contributed by atoms with Crippen molar-refractivity contribution in [3.63, 3.8) is 0 Å². The summed E-state index contributed by atoms with van der Waals surface area (Å²) in [4.78, 5) is 40.0. The number of amides is 2. The number of ether oxygens (including phenoxy) is 3. The maximum atomic E-state index is 13.9. The molecule has 0 aromatic heterocycles. The third-order valence-corrected chi connectivity index (χ3v) is 6.80. The summed E-state index contributed by atoms with van der Waals surface area (Å²) in [5, 5.41) is 0. The molecule has 1 aliphatic heterocycles. The number of benzene rings is 2. The fraction of sp³-hybridized carbons (Fsp3) is 0.346. The first-order valence-electron chi connectivity index (χ1n) is 11.6. The molecule has 0 aliphatic carbocycles. The van der Waals surface area contributed by atoms with E-state index in [-0.39, 0.29) is 30.1 Å². The van der Waals surface area contributed by atoms with E-state index in [1.807, 2.05) is 0 Å². The highest BCUT2D eigenvalue weighted by molar-refractivity contribution is 7.99. The summed E-state index contributed by atoms with van der Waals surface area (Å²) in [6.07, 6.45) is -2.95. The second-order valence-electron chi connectivity index (χ2n) is 8.06. The van der Waals surface area contributed by atoms with E-state index in [1.54, 1.807) is 31.2 Å². The van der Waals surface area contributed by atoms with E-state index in [1.165, 1.54) is 35.1 Å². The molecular weight excluding hydrogens is 525 g/mol. The lowest BCUT2D eigenvalue weighted by Gasteiger charge is -2.38. The first kappa shape index (κ1) is 28.9. The molecule has 1 unspecified atom stereocenters. The highest BCUT2D eigenvalue weighted by Gasteiger charge is 2.37. The number of esters is 1. The lowest BCUT2D eigenvalue weighted by molar-refractivity contribution is -0.154. The highest BCUT2D eigenvalue weighted by Crippen LogP contribution is 2.42. The Bertz CT molecular complexity index is 1200. The van der Waals surface area contributed by atoms with Crippen LogP contribution >= 0.6 is 11.8 Å². The molecule has 2 amide bonds. The minimum absolute atomic E-state index is 0.0145. The first-order valence-corrected chi connectivity index (χ1v) is 12.4. The van der Waals surface area contributed by atoms with Gasteiger partial charge >= 0.3 is 18.2 Å². The van der Waals surface area contributed by atoms with Gasteiger partial charge in [-0.3, -0.25) is 4.79 Å². The second-order valence-corrected chi connectivity index (χ2v) is 9.14. The van der Waals surface area contributed by atoms with Crippen molar-refractivity contribution >= 4 is 35.8 Å². The standard InChI is InChI=1S/C26H27F3N2O6S/c1-4-37-20-7-5-6-8-22(20)38-21-11-9-17(15-18(21)26(27,28)29)10-12-23(32)31-14-13-30(25(34)36-3)16-19(31)24(33)35-2/h5-12,15,19H,4,13-14,16H2,1-3H3/b12-10+. The van der Waals surface area contributed by atoms with Crippen molar-refractivity contribution in [2.45, 2.75) is 28.9 Å². The number of halogens is 3. The Morgan fingerprint density at radius 2 is 1.79 bits per heavy atom. The van der Waals surface area contributed by atoms with Crippen molar-refractivity contribution in [1.29, 1.82) is 0 Å². The van der Waals surface area contributed by atoms with Crippen molar-refractivity contribution < 1.29 is 41.8 Å². The van der Waals surface area contributed by atoms with Crippen LogP contribution in [-0.2, 0) is 25.2 Å². The minimum atomic E-state index is -4.64. The second kappa shape index (κ2) is 12.7.